The first kappa shape index (κ1) is 17.4. The van der Waals surface area contributed by atoms with Crippen LogP contribution >= 0.6 is 0 Å². The van der Waals surface area contributed by atoms with E-state index in [2.05, 4.69) is 51.7 Å². The van der Waals surface area contributed by atoms with E-state index >= 15 is 0 Å². The minimum atomic E-state index is -0.137. The van der Waals surface area contributed by atoms with E-state index in [0.717, 1.165) is 39.9 Å². The number of nitrogens with zero attached hydrogens (tertiary/aromatic N) is 4. The first-order chi connectivity index (χ1) is 11.8. The Morgan fingerprint density at radius 1 is 1.12 bits per heavy atom. The lowest BCUT2D eigenvalue weighted by Crippen LogP contribution is -2.18. The molecule has 0 saturated carbocycles. The van der Waals surface area contributed by atoms with Crippen molar-refractivity contribution in [2.75, 3.05) is 12.4 Å². The second-order valence-electron chi connectivity index (χ2n) is 7.30. The Hall–Kier alpha value is -2.47. The number of fused-ring (bicyclic) bond motifs is 1. The first-order valence-corrected chi connectivity index (χ1v) is 8.35. The van der Waals surface area contributed by atoms with E-state index in [0.29, 0.717) is 6.61 Å². The molecule has 25 heavy (non-hydrogen) atoms. The molecule has 0 fully saturated rings. The second kappa shape index (κ2) is 6.44. The fourth-order valence-electron chi connectivity index (χ4n) is 2.66. The van der Waals surface area contributed by atoms with Gasteiger partial charge in [0.05, 0.1) is 23.3 Å². The third-order valence-electron chi connectivity index (χ3n) is 4.12. The van der Waals surface area contributed by atoms with Gasteiger partial charge in [-0.3, -0.25) is 0 Å². The predicted molar refractivity (Wildman–Crippen MR) is 100 cm³/mol. The van der Waals surface area contributed by atoms with Crippen LogP contribution < -0.4 is 5.32 Å². The standard InChI is InChI=1S/C19H25N5O/c1-12-20-15-9-13(7-8-16(15)24(12)5)21-17-10-14(11-25-6)22-18(23-17)19(2,3)4/h7-10H,11H2,1-6H3,(H,21,22,23). The van der Waals surface area contributed by atoms with Crippen LogP contribution in [0.15, 0.2) is 24.3 Å². The Kier molecular flexibility index (Phi) is 4.47. The van der Waals surface area contributed by atoms with Crippen molar-refractivity contribution in [2.45, 2.75) is 39.7 Å². The van der Waals surface area contributed by atoms with Crippen molar-refractivity contribution in [3.8, 4) is 0 Å². The average Bonchev–Trinajstić information content (AvgIpc) is 2.81. The molecule has 0 aliphatic heterocycles. The number of nitrogens with one attached hydrogen (secondary N) is 1. The van der Waals surface area contributed by atoms with Gasteiger partial charge in [0.15, 0.2) is 0 Å². The van der Waals surface area contributed by atoms with E-state index < -0.39 is 0 Å². The zero-order valence-electron chi connectivity index (χ0n) is 15.7. The molecule has 0 saturated heterocycles. The lowest BCUT2D eigenvalue weighted by atomic mass is 9.95. The van der Waals surface area contributed by atoms with Gasteiger partial charge in [0.1, 0.15) is 17.5 Å². The quantitative estimate of drug-likeness (QED) is 0.782. The lowest BCUT2D eigenvalue weighted by molar-refractivity contribution is 0.181. The van der Waals surface area contributed by atoms with Gasteiger partial charge in [0, 0.05) is 31.3 Å². The Morgan fingerprint density at radius 2 is 1.88 bits per heavy atom. The maximum Gasteiger partial charge on any atom is 0.136 e. The predicted octanol–water partition coefficient (Wildman–Crippen LogP) is 3.86. The van der Waals surface area contributed by atoms with Crippen LogP contribution in [0.25, 0.3) is 11.0 Å². The van der Waals surface area contributed by atoms with Gasteiger partial charge in [-0.15, -0.1) is 0 Å². The zero-order chi connectivity index (χ0) is 18.2. The Labute approximate surface area is 148 Å². The van der Waals surface area contributed by atoms with Crippen molar-refractivity contribution >= 4 is 22.5 Å². The highest BCUT2D eigenvalue weighted by molar-refractivity contribution is 5.81. The van der Waals surface area contributed by atoms with Gasteiger partial charge in [0.2, 0.25) is 0 Å². The van der Waals surface area contributed by atoms with E-state index in [1.807, 2.05) is 32.2 Å². The number of hydrogen-bond acceptors (Lipinski definition) is 5. The van der Waals surface area contributed by atoms with E-state index in [1.54, 1.807) is 7.11 Å². The molecule has 1 N–H and O–H groups in total. The van der Waals surface area contributed by atoms with Gasteiger partial charge in [-0.05, 0) is 25.1 Å². The van der Waals surface area contributed by atoms with Crippen molar-refractivity contribution in [1.29, 1.82) is 0 Å². The van der Waals surface area contributed by atoms with Gasteiger partial charge < -0.3 is 14.6 Å². The molecule has 0 spiro atoms. The number of anilines is 2. The number of aryl methyl sites for hydroxylation is 2. The van der Waals surface area contributed by atoms with Gasteiger partial charge in [0.25, 0.3) is 0 Å². The molecule has 6 nitrogen and oxygen atoms in total. The Morgan fingerprint density at radius 3 is 2.56 bits per heavy atom. The van der Waals surface area contributed by atoms with E-state index in [-0.39, 0.29) is 5.41 Å². The third-order valence-corrected chi connectivity index (χ3v) is 4.12. The first-order valence-electron chi connectivity index (χ1n) is 8.35. The molecule has 0 atom stereocenters. The van der Waals surface area contributed by atoms with Crippen molar-refractivity contribution in [3.63, 3.8) is 0 Å². The molecule has 6 heteroatoms. The summed E-state index contributed by atoms with van der Waals surface area (Å²) in [5.41, 5.74) is 3.75. The number of ether oxygens (including phenoxy) is 1. The Bertz CT molecular complexity index is 908. The maximum absolute atomic E-state index is 5.24. The van der Waals surface area contributed by atoms with Crippen LogP contribution in [-0.4, -0.2) is 26.6 Å². The minimum Gasteiger partial charge on any atom is -0.378 e. The molecule has 0 aliphatic rings. The average molecular weight is 339 g/mol. The molecular weight excluding hydrogens is 314 g/mol. The van der Waals surface area contributed by atoms with Crippen LogP contribution in [0.4, 0.5) is 11.5 Å². The van der Waals surface area contributed by atoms with Crippen molar-refractivity contribution in [1.82, 2.24) is 19.5 Å². The summed E-state index contributed by atoms with van der Waals surface area (Å²) < 4.78 is 7.33. The summed E-state index contributed by atoms with van der Waals surface area (Å²) in [5, 5.41) is 3.38. The molecule has 132 valence electrons. The molecule has 3 aromatic rings. The molecule has 0 amide bonds. The summed E-state index contributed by atoms with van der Waals surface area (Å²) in [5.74, 6) is 2.55. The summed E-state index contributed by atoms with van der Waals surface area (Å²) in [6.07, 6.45) is 0. The summed E-state index contributed by atoms with van der Waals surface area (Å²) in [6, 6.07) is 8.07. The summed E-state index contributed by atoms with van der Waals surface area (Å²) in [7, 11) is 3.69. The SMILES string of the molecule is COCc1cc(Nc2ccc3c(c2)nc(C)n3C)nc(C(C)(C)C)n1. The molecule has 2 aromatic heterocycles. The highest BCUT2D eigenvalue weighted by Gasteiger charge is 2.19. The largest absolute Gasteiger partial charge is 0.378 e. The summed E-state index contributed by atoms with van der Waals surface area (Å²) in [6.45, 7) is 8.77. The Balaban J connectivity index is 1.97. The molecule has 0 unspecified atom stereocenters. The van der Waals surface area contributed by atoms with Crippen LogP contribution in [0.1, 0.15) is 38.1 Å². The molecule has 3 rings (SSSR count). The number of hydrogen-bond donors (Lipinski definition) is 1. The number of methoxy groups -OCH3 is 1. The summed E-state index contributed by atoms with van der Waals surface area (Å²) in [4.78, 5) is 13.9. The normalized spacial score (nSPS) is 11.9. The molecule has 0 bridgehead atoms. The minimum absolute atomic E-state index is 0.137. The van der Waals surface area contributed by atoms with Gasteiger partial charge in [-0.1, -0.05) is 20.8 Å². The third kappa shape index (κ3) is 3.64. The highest BCUT2D eigenvalue weighted by atomic mass is 16.5. The van der Waals surface area contributed by atoms with Gasteiger partial charge in [-0.2, -0.15) is 0 Å². The molecule has 1 aromatic carbocycles. The van der Waals surface area contributed by atoms with E-state index in [1.165, 1.54) is 0 Å². The van der Waals surface area contributed by atoms with Crippen molar-refractivity contribution < 1.29 is 4.74 Å². The van der Waals surface area contributed by atoms with Crippen LogP contribution in [0.2, 0.25) is 0 Å². The molecule has 0 radical (unpaired) electrons. The van der Waals surface area contributed by atoms with Crippen molar-refractivity contribution in [3.05, 3.63) is 41.6 Å². The van der Waals surface area contributed by atoms with Crippen LogP contribution in [0.3, 0.4) is 0 Å². The lowest BCUT2D eigenvalue weighted by Gasteiger charge is -2.19. The van der Waals surface area contributed by atoms with Crippen LogP contribution in [0.5, 0.6) is 0 Å². The number of benzene rings is 1. The van der Waals surface area contributed by atoms with Crippen molar-refractivity contribution in [2.24, 2.45) is 7.05 Å². The number of imidazole rings is 1. The molecular formula is C19H25N5O. The number of aromatic nitrogens is 4. The fourth-order valence-corrected chi connectivity index (χ4v) is 2.66. The zero-order valence-corrected chi connectivity index (χ0v) is 15.7. The van der Waals surface area contributed by atoms with Gasteiger partial charge >= 0.3 is 0 Å². The topological polar surface area (TPSA) is 64.9 Å². The number of rotatable bonds is 4. The fraction of sp³-hybridized carbons (Fsp3) is 0.421. The smallest absolute Gasteiger partial charge is 0.136 e. The molecule has 2 heterocycles. The van der Waals surface area contributed by atoms with Crippen LogP contribution in [0, 0.1) is 6.92 Å². The highest BCUT2D eigenvalue weighted by Crippen LogP contribution is 2.25. The van der Waals surface area contributed by atoms with E-state index in [4.69, 9.17) is 4.74 Å². The molecule has 0 aliphatic carbocycles. The van der Waals surface area contributed by atoms with Crippen LogP contribution in [-0.2, 0) is 23.8 Å². The second-order valence-corrected chi connectivity index (χ2v) is 7.30. The monoisotopic (exact) mass is 339 g/mol. The van der Waals surface area contributed by atoms with Gasteiger partial charge in [-0.25, -0.2) is 15.0 Å². The summed E-state index contributed by atoms with van der Waals surface area (Å²) >= 11 is 0. The van der Waals surface area contributed by atoms with E-state index in [9.17, 15) is 0 Å². The maximum atomic E-state index is 5.24.